The van der Waals surface area contributed by atoms with E-state index >= 15 is 0 Å². The number of fused-ring (bicyclic) bond motifs is 1. The summed E-state index contributed by atoms with van der Waals surface area (Å²) in [6, 6.07) is 15.2. The van der Waals surface area contributed by atoms with Crippen molar-refractivity contribution in [3.63, 3.8) is 0 Å². The van der Waals surface area contributed by atoms with Crippen molar-refractivity contribution in [2.45, 2.75) is 31.5 Å². The lowest BCUT2D eigenvalue weighted by atomic mass is 9.98. The van der Waals surface area contributed by atoms with Crippen LogP contribution in [-0.4, -0.2) is 36.6 Å². The summed E-state index contributed by atoms with van der Waals surface area (Å²) in [5.41, 5.74) is 4.67. The van der Waals surface area contributed by atoms with Crippen LogP contribution in [0.1, 0.15) is 19.5 Å². The monoisotopic (exact) mass is 576 g/mol. The van der Waals surface area contributed by atoms with Crippen LogP contribution in [0.25, 0.3) is 33.2 Å². The highest BCUT2D eigenvalue weighted by Crippen LogP contribution is 2.34. The molecule has 2 aromatic carbocycles. The third kappa shape index (κ3) is 6.16. The van der Waals surface area contributed by atoms with E-state index in [1.54, 1.807) is 12.4 Å². The lowest BCUT2D eigenvalue weighted by Gasteiger charge is -2.14. The van der Waals surface area contributed by atoms with Crippen molar-refractivity contribution in [3.05, 3.63) is 96.6 Å². The van der Waals surface area contributed by atoms with Gasteiger partial charge in [-0.2, -0.15) is 0 Å². The molecule has 0 saturated heterocycles. The normalized spacial score (nSPS) is 11.7. The second kappa shape index (κ2) is 11.6. The molecule has 0 spiro atoms. The first kappa shape index (κ1) is 28.1. The highest BCUT2D eigenvalue weighted by atomic mass is 32.2. The largest absolute Gasteiger partial charge is 0.480 e. The smallest absolute Gasteiger partial charge is 0.264 e. The lowest BCUT2D eigenvalue weighted by Crippen LogP contribution is -2.15. The first-order valence-corrected chi connectivity index (χ1v) is 14.1. The van der Waals surface area contributed by atoms with Crippen LogP contribution in [0.2, 0.25) is 0 Å². The third-order valence-corrected chi connectivity index (χ3v) is 7.65. The maximum atomic E-state index is 14.3. The maximum absolute atomic E-state index is 14.3. The SMILES string of the molecule is COc1ncc(-c2ccc3nccc(-c4ccc(COC(C)C)nc4)c3c2)cc1NS(=O)(=O)c1ccc(F)cc1F. The van der Waals surface area contributed by atoms with Gasteiger partial charge in [-0.05, 0) is 67.4 Å². The zero-order valence-electron chi connectivity index (χ0n) is 22.4. The van der Waals surface area contributed by atoms with Gasteiger partial charge >= 0.3 is 0 Å². The molecule has 210 valence electrons. The highest BCUT2D eigenvalue weighted by molar-refractivity contribution is 7.92. The molecule has 3 heterocycles. The van der Waals surface area contributed by atoms with Gasteiger partial charge in [0.1, 0.15) is 22.2 Å². The van der Waals surface area contributed by atoms with E-state index in [1.807, 2.05) is 50.2 Å². The van der Waals surface area contributed by atoms with Crippen LogP contribution < -0.4 is 9.46 Å². The topological polar surface area (TPSA) is 103 Å². The maximum Gasteiger partial charge on any atom is 0.264 e. The Morgan fingerprint density at radius 3 is 2.37 bits per heavy atom. The van der Waals surface area contributed by atoms with E-state index in [9.17, 15) is 17.2 Å². The zero-order chi connectivity index (χ0) is 29.1. The quantitative estimate of drug-likeness (QED) is 0.217. The van der Waals surface area contributed by atoms with Gasteiger partial charge in [0.25, 0.3) is 10.0 Å². The Morgan fingerprint density at radius 2 is 1.66 bits per heavy atom. The van der Waals surface area contributed by atoms with E-state index in [1.165, 1.54) is 19.4 Å². The van der Waals surface area contributed by atoms with Gasteiger partial charge in [0.15, 0.2) is 0 Å². The van der Waals surface area contributed by atoms with Crippen molar-refractivity contribution in [1.29, 1.82) is 0 Å². The Hall–Kier alpha value is -4.48. The van der Waals surface area contributed by atoms with Crippen molar-refractivity contribution >= 4 is 26.6 Å². The molecule has 5 rings (SSSR count). The predicted molar refractivity (Wildman–Crippen MR) is 152 cm³/mol. The Kier molecular flexibility index (Phi) is 7.91. The van der Waals surface area contributed by atoms with Crippen LogP contribution in [0.5, 0.6) is 5.88 Å². The summed E-state index contributed by atoms with van der Waals surface area (Å²) in [5.74, 6) is -2.12. The predicted octanol–water partition coefficient (Wildman–Crippen LogP) is 6.37. The molecule has 0 unspecified atom stereocenters. The van der Waals surface area contributed by atoms with Gasteiger partial charge in [-0.25, -0.2) is 22.2 Å². The van der Waals surface area contributed by atoms with Gasteiger partial charge in [-0.3, -0.25) is 14.7 Å². The molecule has 0 radical (unpaired) electrons. The molecule has 5 aromatic rings. The third-order valence-electron chi connectivity index (χ3n) is 6.25. The van der Waals surface area contributed by atoms with Gasteiger partial charge in [0, 0.05) is 41.2 Å². The standard InChI is InChI=1S/C30H26F2N4O4S/c1-18(2)40-17-23-7-4-20(15-34-23)24-10-11-33-27-8-5-19(12-25(24)27)21-13-28(30(39-3)35-16-21)36-41(37,38)29-9-6-22(31)14-26(29)32/h4-16,18,36H,17H2,1-3H3. The molecule has 0 aliphatic heterocycles. The van der Waals surface area contributed by atoms with Gasteiger partial charge in [-0.15, -0.1) is 0 Å². The number of hydrogen-bond acceptors (Lipinski definition) is 7. The van der Waals surface area contributed by atoms with E-state index in [2.05, 4.69) is 19.7 Å². The number of nitrogens with zero attached hydrogens (tertiary/aromatic N) is 3. The number of nitrogens with one attached hydrogen (secondary N) is 1. The van der Waals surface area contributed by atoms with E-state index < -0.39 is 26.6 Å². The van der Waals surface area contributed by atoms with Crippen LogP contribution >= 0.6 is 0 Å². The van der Waals surface area contributed by atoms with Gasteiger partial charge < -0.3 is 9.47 Å². The van der Waals surface area contributed by atoms with E-state index in [-0.39, 0.29) is 17.7 Å². The minimum atomic E-state index is -4.42. The van der Waals surface area contributed by atoms with E-state index in [0.29, 0.717) is 18.2 Å². The van der Waals surface area contributed by atoms with Crippen molar-refractivity contribution in [1.82, 2.24) is 15.0 Å². The number of hydrogen-bond donors (Lipinski definition) is 1. The fourth-order valence-electron chi connectivity index (χ4n) is 4.24. The summed E-state index contributed by atoms with van der Waals surface area (Å²) < 4.78 is 66.7. The van der Waals surface area contributed by atoms with Crippen molar-refractivity contribution in [2.75, 3.05) is 11.8 Å². The Balaban J connectivity index is 1.51. The number of methoxy groups -OCH3 is 1. The van der Waals surface area contributed by atoms with Gasteiger partial charge in [-0.1, -0.05) is 12.1 Å². The molecule has 11 heteroatoms. The molecule has 0 saturated carbocycles. The molecule has 0 bridgehead atoms. The number of ether oxygens (including phenoxy) is 2. The fourth-order valence-corrected chi connectivity index (χ4v) is 5.35. The number of anilines is 1. The molecule has 0 atom stereocenters. The minimum absolute atomic E-state index is 0.0105. The molecular weight excluding hydrogens is 550 g/mol. The highest BCUT2D eigenvalue weighted by Gasteiger charge is 2.22. The molecule has 1 N–H and O–H groups in total. The molecule has 0 aliphatic carbocycles. The molecule has 8 nitrogen and oxygen atoms in total. The number of pyridine rings is 3. The summed E-state index contributed by atoms with van der Waals surface area (Å²) in [5, 5.41) is 0.851. The van der Waals surface area contributed by atoms with Crippen molar-refractivity contribution in [2.24, 2.45) is 0 Å². The summed E-state index contributed by atoms with van der Waals surface area (Å²) in [6.07, 6.45) is 5.16. The Morgan fingerprint density at radius 1 is 0.878 bits per heavy atom. The van der Waals surface area contributed by atoms with E-state index in [0.717, 1.165) is 45.4 Å². The van der Waals surface area contributed by atoms with Crippen LogP contribution in [0.15, 0.2) is 84.1 Å². The molecule has 3 aromatic heterocycles. The van der Waals surface area contributed by atoms with Crippen LogP contribution in [0.4, 0.5) is 14.5 Å². The second-order valence-corrected chi connectivity index (χ2v) is 11.1. The minimum Gasteiger partial charge on any atom is -0.480 e. The van der Waals surface area contributed by atoms with Crippen LogP contribution in [0.3, 0.4) is 0 Å². The lowest BCUT2D eigenvalue weighted by molar-refractivity contribution is 0.0636. The average Bonchev–Trinajstić information content (AvgIpc) is 2.95. The zero-order valence-corrected chi connectivity index (χ0v) is 23.2. The molecule has 0 aliphatic rings. The van der Waals surface area contributed by atoms with Crippen molar-refractivity contribution in [3.8, 4) is 28.1 Å². The average molecular weight is 577 g/mol. The molecular formula is C30H26F2N4O4S. The molecule has 0 fully saturated rings. The summed E-state index contributed by atoms with van der Waals surface area (Å²) in [7, 11) is -3.09. The second-order valence-electron chi connectivity index (χ2n) is 9.45. The Bertz CT molecular complexity index is 1830. The summed E-state index contributed by atoms with van der Waals surface area (Å²) >= 11 is 0. The van der Waals surface area contributed by atoms with Crippen LogP contribution in [-0.2, 0) is 21.4 Å². The summed E-state index contributed by atoms with van der Waals surface area (Å²) in [4.78, 5) is 12.6. The van der Waals surface area contributed by atoms with Gasteiger partial charge in [0.05, 0.1) is 31.0 Å². The van der Waals surface area contributed by atoms with Gasteiger partial charge in [0.2, 0.25) is 5.88 Å². The molecule has 41 heavy (non-hydrogen) atoms. The fraction of sp³-hybridized carbons (Fsp3) is 0.167. The first-order chi connectivity index (χ1) is 19.6. The molecule has 0 amide bonds. The van der Waals surface area contributed by atoms with Crippen LogP contribution in [0, 0.1) is 11.6 Å². The summed E-state index contributed by atoms with van der Waals surface area (Å²) in [6.45, 7) is 4.36. The van der Waals surface area contributed by atoms with E-state index in [4.69, 9.17) is 9.47 Å². The number of sulfonamides is 1. The van der Waals surface area contributed by atoms with Crippen molar-refractivity contribution < 1.29 is 26.7 Å². The Labute approximate surface area is 236 Å². The first-order valence-electron chi connectivity index (χ1n) is 12.6. The number of benzene rings is 2. The number of rotatable bonds is 9. The number of aromatic nitrogens is 3. The number of halogens is 2.